The minimum absolute atomic E-state index is 0.0428. The quantitative estimate of drug-likeness (QED) is 0.656. The predicted molar refractivity (Wildman–Crippen MR) is 110 cm³/mol. The largest absolute Gasteiger partial charge is 0.573 e. The molecule has 6 nitrogen and oxygen atoms in total. The maximum atomic E-state index is 14.1. The standard InChI is InChI=1S/C23H18F5N3O3/c24-17-5-6-18-16(21(17)25)10-30(22(33)29-18)11-20(32)31-9-12-7-13(31)8-15(12)14-3-1-2-4-19(14)34-23(26,27)28/h1-6,8,12-13H,7,9-11H2,(H,29,33)/t12-,13-/m1/s1. The number of ether oxygens (including phenoxy) is 1. The average Bonchev–Trinajstić information content (AvgIpc) is 3.38. The van der Waals surface area contributed by atoms with Gasteiger partial charge in [-0.3, -0.25) is 4.79 Å². The van der Waals surface area contributed by atoms with E-state index in [1.54, 1.807) is 23.1 Å². The van der Waals surface area contributed by atoms with Crippen LogP contribution in [0.4, 0.5) is 32.4 Å². The van der Waals surface area contributed by atoms with Gasteiger partial charge in [0.15, 0.2) is 11.6 Å². The number of hydrogen-bond acceptors (Lipinski definition) is 3. The van der Waals surface area contributed by atoms with Gasteiger partial charge in [0.25, 0.3) is 0 Å². The number of nitrogens with one attached hydrogen (secondary N) is 1. The molecule has 0 spiro atoms. The van der Waals surface area contributed by atoms with Gasteiger partial charge >= 0.3 is 12.4 Å². The highest BCUT2D eigenvalue weighted by atomic mass is 19.4. The van der Waals surface area contributed by atoms with E-state index in [-0.39, 0.29) is 48.6 Å². The lowest BCUT2D eigenvalue weighted by Gasteiger charge is -2.32. The summed E-state index contributed by atoms with van der Waals surface area (Å²) in [4.78, 5) is 27.9. The summed E-state index contributed by atoms with van der Waals surface area (Å²) in [6.07, 6.45) is -2.55. The number of urea groups is 1. The Bertz CT molecular complexity index is 1210. The van der Waals surface area contributed by atoms with Crippen LogP contribution in [0.3, 0.4) is 0 Å². The van der Waals surface area contributed by atoms with Crippen LogP contribution >= 0.6 is 0 Å². The zero-order chi connectivity index (χ0) is 24.2. The molecule has 1 fully saturated rings. The smallest absolute Gasteiger partial charge is 0.405 e. The Labute approximate surface area is 190 Å². The molecule has 1 saturated heterocycles. The van der Waals surface area contributed by atoms with Crippen LogP contribution in [0.1, 0.15) is 17.5 Å². The topological polar surface area (TPSA) is 61.9 Å². The van der Waals surface area contributed by atoms with Gasteiger partial charge in [0.2, 0.25) is 5.91 Å². The number of halogens is 5. The molecule has 2 aromatic carbocycles. The van der Waals surface area contributed by atoms with Gasteiger partial charge < -0.3 is 19.9 Å². The highest BCUT2D eigenvalue weighted by Gasteiger charge is 2.43. The third kappa shape index (κ3) is 3.95. The van der Waals surface area contributed by atoms with Crippen molar-refractivity contribution in [2.45, 2.75) is 25.4 Å². The van der Waals surface area contributed by atoms with Gasteiger partial charge in [-0.1, -0.05) is 24.3 Å². The number of amides is 3. The molecule has 2 bridgehead atoms. The fourth-order valence-corrected chi connectivity index (χ4v) is 4.81. The van der Waals surface area contributed by atoms with Gasteiger partial charge in [-0.05, 0) is 30.2 Å². The first kappa shape index (κ1) is 22.2. The highest BCUT2D eigenvalue weighted by molar-refractivity contribution is 5.95. The number of nitrogens with zero attached hydrogens (tertiary/aromatic N) is 2. The number of fused-ring (bicyclic) bond motifs is 3. The summed E-state index contributed by atoms with van der Waals surface area (Å²) in [6.45, 7) is -0.339. The van der Waals surface area contributed by atoms with Gasteiger partial charge in [0.05, 0.1) is 18.3 Å². The van der Waals surface area contributed by atoms with Crippen molar-refractivity contribution in [1.29, 1.82) is 0 Å². The molecule has 1 aliphatic carbocycles. The van der Waals surface area contributed by atoms with E-state index >= 15 is 0 Å². The van der Waals surface area contributed by atoms with E-state index in [1.165, 1.54) is 18.2 Å². The number of carbonyl (C=O) groups is 2. The maximum absolute atomic E-state index is 14.1. The average molecular weight is 479 g/mol. The molecule has 3 amide bonds. The fraction of sp³-hybridized carbons (Fsp3) is 0.304. The van der Waals surface area contributed by atoms with Crippen LogP contribution in [0.25, 0.3) is 5.57 Å². The minimum Gasteiger partial charge on any atom is -0.405 e. The lowest BCUT2D eigenvalue weighted by Crippen LogP contribution is -2.47. The minimum atomic E-state index is -4.83. The third-order valence-corrected chi connectivity index (χ3v) is 6.30. The van der Waals surface area contributed by atoms with E-state index < -0.39 is 29.9 Å². The van der Waals surface area contributed by atoms with Gasteiger partial charge in [0.1, 0.15) is 12.3 Å². The van der Waals surface area contributed by atoms with Gasteiger partial charge in [0, 0.05) is 23.6 Å². The molecule has 11 heteroatoms. The Kier molecular flexibility index (Phi) is 5.22. The number of likely N-dealkylation sites (tertiary alicyclic amines) is 1. The molecule has 2 aliphatic heterocycles. The summed E-state index contributed by atoms with van der Waals surface area (Å²) < 4.78 is 70.2. The lowest BCUT2D eigenvalue weighted by molar-refractivity contribution is -0.274. The van der Waals surface area contributed by atoms with Crippen LogP contribution in [0.5, 0.6) is 5.75 Å². The number of hydrogen-bond donors (Lipinski definition) is 1. The van der Waals surface area contributed by atoms with E-state index in [4.69, 9.17) is 0 Å². The van der Waals surface area contributed by atoms with Gasteiger partial charge in [-0.25, -0.2) is 13.6 Å². The molecule has 2 heterocycles. The van der Waals surface area contributed by atoms with Crippen LogP contribution in [0, 0.1) is 17.6 Å². The molecule has 0 radical (unpaired) electrons. The molecular weight excluding hydrogens is 461 g/mol. The summed E-state index contributed by atoms with van der Waals surface area (Å²) in [5, 5.41) is 2.45. The van der Waals surface area contributed by atoms with Crippen molar-refractivity contribution in [3.05, 3.63) is 65.2 Å². The molecule has 0 unspecified atom stereocenters. The van der Waals surface area contributed by atoms with Gasteiger partial charge in [-0.15, -0.1) is 13.2 Å². The number of rotatable bonds is 4. The Hall–Kier alpha value is -3.63. The Morgan fingerprint density at radius 1 is 1.15 bits per heavy atom. The molecule has 2 aromatic rings. The first-order valence-corrected chi connectivity index (χ1v) is 10.5. The summed E-state index contributed by atoms with van der Waals surface area (Å²) in [5.74, 6) is -3.01. The van der Waals surface area contributed by atoms with Crippen LogP contribution in [0.15, 0.2) is 42.5 Å². The van der Waals surface area contributed by atoms with E-state index in [1.807, 2.05) is 0 Å². The Morgan fingerprint density at radius 2 is 1.91 bits per heavy atom. The molecular formula is C23H18F5N3O3. The summed E-state index contributed by atoms with van der Waals surface area (Å²) >= 11 is 0. The van der Waals surface area contributed by atoms with Crippen molar-refractivity contribution in [3.63, 3.8) is 0 Å². The second-order valence-electron chi connectivity index (χ2n) is 8.39. The van der Waals surface area contributed by atoms with Crippen LogP contribution < -0.4 is 10.1 Å². The van der Waals surface area contributed by atoms with E-state index in [2.05, 4.69) is 10.1 Å². The molecule has 5 rings (SSSR count). The summed E-state index contributed by atoms with van der Waals surface area (Å²) in [6, 6.07) is 7.07. The number of alkyl halides is 3. The normalized spacial score (nSPS) is 21.3. The van der Waals surface area contributed by atoms with Crippen molar-refractivity contribution in [3.8, 4) is 5.75 Å². The van der Waals surface area contributed by atoms with Crippen molar-refractivity contribution >= 4 is 23.2 Å². The Balaban J connectivity index is 1.31. The first-order valence-electron chi connectivity index (χ1n) is 10.5. The van der Waals surface area contributed by atoms with Crippen LogP contribution in [-0.4, -0.2) is 47.2 Å². The van der Waals surface area contributed by atoms with Crippen molar-refractivity contribution in [2.75, 3.05) is 18.4 Å². The van der Waals surface area contributed by atoms with Crippen LogP contribution in [0.2, 0.25) is 0 Å². The Morgan fingerprint density at radius 3 is 2.62 bits per heavy atom. The summed E-state index contributed by atoms with van der Waals surface area (Å²) in [5.41, 5.74) is 1.11. The van der Waals surface area contributed by atoms with E-state index in [0.717, 1.165) is 11.0 Å². The number of anilines is 1. The first-order chi connectivity index (χ1) is 16.1. The van der Waals surface area contributed by atoms with Gasteiger partial charge in [-0.2, -0.15) is 0 Å². The highest BCUT2D eigenvalue weighted by Crippen LogP contribution is 2.45. The van der Waals surface area contributed by atoms with E-state index in [9.17, 15) is 31.5 Å². The molecule has 3 aliphatic rings. The molecule has 0 saturated carbocycles. The zero-order valence-corrected chi connectivity index (χ0v) is 17.5. The van der Waals surface area contributed by atoms with E-state index in [0.29, 0.717) is 17.6 Å². The maximum Gasteiger partial charge on any atom is 0.573 e. The molecule has 178 valence electrons. The third-order valence-electron chi connectivity index (χ3n) is 6.30. The molecule has 2 atom stereocenters. The number of para-hydroxylation sites is 1. The monoisotopic (exact) mass is 479 g/mol. The van der Waals surface area contributed by atoms with Crippen molar-refractivity contribution in [1.82, 2.24) is 9.80 Å². The van der Waals surface area contributed by atoms with Crippen LogP contribution in [-0.2, 0) is 11.3 Å². The van der Waals surface area contributed by atoms with Crippen molar-refractivity contribution < 1.29 is 36.3 Å². The zero-order valence-electron chi connectivity index (χ0n) is 17.5. The fourth-order valence-electron chi connectivity index (χ4n) is 4.81. The SMILES string of the molecule is O=C1Nc2ccc(F)c(F)c2CN1CC(=O)N1C[C@H]2C[C@@H]1C=C2c1ccccc1OC(F)(F)F. The second kappa shape index (κ2) is 8.00. The molecule has 0 aromatic heterocycles. The number of benzene rings is 2. The molecule has 34 heavy (non-hydrogen) atoms. The molecule has 1 N–H and O–H groups in total. The summed E-state index contributed by atoms with van der Waals surface area (Å²) in [7, 11) is 0. The lowest BCUT2D eigenvalue weighted by atomic mass is 9.94. The second-order valence-corrected chi connectivity index (χ2v) is 8.39. The predicted octanol–water partition coefficient (Wildman–Crippen LogP) is 4.53. The number of carbonyl (C=O) groups excluding carboxylic acids is 2. The van der Waals surface area contributed by atoms with Crippen molar-refractivity contribution in [2.24, 2.45) is 5.92 Å².